The van der Waals surface area contributed by atoms with Gasteiger partial charge in [-0.3, -0.25) is 9.48 Å². The molecular weight excluding hydrogens is 424 g/mol. The molecular formula is C24H27ClN6O. The number of nitrogens with zero attached hydrogens (tertiary/aromatic N) is 5. The number of hydrogen-bond donors (Lipinski definition) is 1. The lowest BCUT2D eigenvalue weighted by Gasteiger charge is -2.23. The van der Waals surface area contributed by atoms with E-state index in [1.54, 1.807) is 4.90 Å². The molecule has 2 N–H and O–H groups in total. The zero-order valence-electron chi connectivity index (χ0n) is 17.8. The Bertz CT molecular complexity index is 1060. The Morgan fingerprint density at radius 2 is 1.91 bits per heavy atom. The van der Waals surface area contributed by atoms with Gasteiger partial charge in [0.15, 0.2) is 0 Å². The van der Waals surface area contributed by atoms with Gasteiger partial charge in [-0.05, 0) is 36.8 Å². The van der Waals surface area contributed by atoms with Crippen molar-refractivity contribution in [2.45, 2.75) is 44.3 Å². The summed E-state index contributed by atoms with van der Waals surface area (Å²) < 4.78 is 1.85. The van der Waals surface area contributed by atoms with Gasteiger partial charge in [0.2, 0.25) is 5.91 Å². The Kier molecular flexibility index (Phi) is 7.98. The van der Waals surface area contributed by atoms with Crippen LogP contribution in [0, 0.1) is 11.3 Å². The molecule has 1 aromatic heterocycles. The molecule has 8 heteroatoms. The molecule has 0 spiro atoms. The van der Waals surface area contributed by atoms with Crippen LogP contribution < -0.4 is 5.73 Å². The maximum absolute atomic E-state index is 12.6. The van der Waals surface area contributed by atoms with Gasteiger partial charge in [-0.25, -0.2) is 0 Å². The lowest BCUT2D eigenvalue weighted by Crippen LogP contribution is -2.46. The Balaban J connectivity index is 0.00000289. The first kappa shape index (κ1) is 23.5. The number of aryl methyl sites for hydroxylation is 2. The van der Waals surface area contributed by atoms with Gasteiger partial charge in [-0.15, -0.1) is 17.5 Å². The Labute approximate surface area is 194 Å². The van der Waals surface area contributed by atoms with Crippen LogP contribution in [0.3, 0.4) is 0 Å². The topological polar surface area (TPSA) is 101 Å². The standard InChI is InChI=1S/C24H26N6O.ClH/c25-16-21-7-4-13-30(21)24(31)22(26)15-19-8-10-20(11-9-19)23-17-29(28-27-23)14-12-18-5-2-1-3-6-18;/h1-3,5-6,8-11,17,21-22H,4,7,12-15,26H2;1H/t21-,22-;/m0./s1. The van der Waals surface area contributed by atoms with Gasteiger partial charge in [0.1, 0.15) is 11.7 Å². The molecule has 0 aliphatic carbocycles. The normalized spacial score (nSPS) is 16.2. The average Bonchev–Trinajstić information content (AvgIpc) is 3.48. The molecule has 1 saturated heterocycles. The summed E-state index contributed by atoms with van der Waals surface area (Å²) in [6.45, 7) is 1.38. The van der Waals surface area contributed by atoms with E-state index in [0.29, 0.717) is 13.0 Å². The number of rotatable bonds is 7. The highest BCUT2D eigenvalue weighted by atomic mass is 35.5. The van der Waals surface area contributed by atoms with E-state index in [2.05, 4.69) is 28.5 Å². The molecule has 3 aromatic rings. The lowest BCUT2D eigenvalue weighted by atomic mass is 10.0. The second-order valence-corrected chi connectivity index (χ2v) is 7.93. The first-order valence-electron chi connectivity index (χ1n) is 10.6. The van der Waals surface area contributed by atoms with Crippen LogP contribution in [0.1, 0.15) is 24.0 Å². The van der Waals surface area contributed by atoms with E-state index in [1.165, 1.54) is 5.56 Å². The summed E-state index contributed by atoms with van der Waals surface area (Å²) in [5.74, 6) is -0.144. The second kappa shape index (κ2) is 10.9. The molecule has 0 unspecified atom stereocenters. The minimum absolute atomic E-state index is 0. The predicted octanol–water partition coefficient (Wildman–Crippen LogP) is 2.99. The molecule has 0 saturated carbocycles. The van der Waals surface area contributed by atoms with Crippen LogP contribution in [-0.2, 0) is 24.2 Å². The van der Waals surface area contributed by atoms with E-state index >= 15 is 0 Å². The number of benzene rings is 2. The number of aromatic nitrogens is 3. The van der Waals surface area contributed by atoms with Gasteiger partial charge in [-0.2, -0.15) is 5.26 Å². The highest BCUT2D eigenvalue weighted by Gasteiger charge is 2.31. The van der Waals surface area contributed by atoms with Crippen molar-refractivity contribution in [2.75, 3.05) is 6.54 Å². The molecule has 1 aliphatic rings. The van der Waals surface area contributed by atoms with Gasteiger partial charge in [0.25, 0.3) is 0 Å². The highest BCUT2D eigenvalue weighted by molar-refractivity contribution is 5.85. The number of carbonyl (C=O) groups excluding carboxylic acids is 1. The maximum Gasteiger partial charge on any atom is 0.240 e. The third kappa shape index (κ3) is 5.52. The summed E-state index contributed by atoms with van der Waals surface area (Å²) in [5, 5.41) is 17.7. The first-order valence-corrected chi connectivity index (χ1v) is 10.6. The van der Waals surface area contributed by atoms with Crippen molar-refractivity contribution >= 4 is 18.3 Å². The van der Waals surface area contributed by atoms with Gasteiger partial charge in [-0.1, -0.05) is 59.8 Å². The predicted molar refractivity (Wildman–Crippen MR) is 125 cm³/mol. The third-order valence-electron chi connectivity index (χ3n) is 5.72. The average molecular weight is 451 g/mol. The zero-order valence-corrected chi connectivity index (χ0v) is 18.6. The Morgan fingerprint density at radius 3 is 2.62 bits per heavy atom. The van der Waals surface area contributed by atoms with E-state index in [9.17, 15) is 10.1 Å². The van der Waals surface area contributed by atoms with Crippen LogP contribution in [0.5, 0.6) is 0 Å². The number of hydrogen-bond acceptors (Lipinski definition) is 5. The smallest absolute Gasteiger partial charge is 0.240 e. The quantitative estimate of drug-likeness (QED) is 0.596. The molecule has 7 nitrogen and oxygen atoms in total. The SMILES string of the molecule is Cl.N#C[C@@H]1CCCN1C(=O)[C@@H](N)Cc1ccc(-c2cn(CCc3ccccc3)nn2)cc1. The van der Waals surface area contributed by atoms with Crippen LogP contribution >= 0.6 is 12.4 Å². The van der Waals surface area contributed by atoms with Crippen LogP contribution in [0.15, 0.2) is 60.8 Å². The fourth-order valence-corrected chi connectivity index (χ4v) is 3.96. The van der Waals surface area contributed by atoms with Gasteiger partial charge in [0, 0.05) is 18.7 Å². The summed E-state index contributed by atoms with van der Waals surface area (Å²) in [6.07, 6.45) is 4.88. The van der Waals surface area contributed by atoms with Crippen molar-refractivity contribution in [2.24, 2.45) is 5.73 Å². The molecule has 2 atom stereocenters. The first-order chi connectivity index (χ1) is 15.1. The van der Waals surface area contributed by atoms with E-state index < -0.39 is 6.04 Å². The Morgan fingerprint density at radius 1 is 1.16 bits per heavy atom. The minimum atomic E-state index is -0.640. The molecule has 0 bridgehead atoms. The molecule has 4 rings (SSSR count). The van der Waals surface area contributed by atoms with Crippen molar-refractivity contribution in [3.8, 4) is 17.3 Å². The molecule has 1 amide bonds. The van der Waals surface area contributed by atoms with Crippen LogP contribution in [0.2, 0.25) is 0 Å². The van der Waals surface area contributed by atoms with Crippen molar-refractivity contribution in [3.63, 3.8) is 0 Å². The van der Waals surface area contributed by atoms with Gasteiger partial charge in [0.05, 0.1) is 18.3 Å². The number of nitrogens with two attached hydrogens (primary N) is 1. The van der Waals surface area contributed by atoms with Crippen molar-refractivity contribution in [3.05, 3.63) is 71.9 Å². The molecule has 2 aromatic carbocycles. The third-order valence-corrected chi connectivity index (χ3v) is 5.72. The second-order valence-electron chi connectivity index (χ2n) is 7.93. The van der Waals surface area contributed by atoms with Crippen molar-refractivity contribution < 1.29 is 4.79 Å². The number of nitriles is 1. The highest BCUT2D eigenvalue weighted by Crippen LogP contribution is 2.20. The van der Waals surface area contributed by atoms with Crippen LogP contribution in [0.4, 0.5) is 0 Å². The van der Waals surface area contributed by atoms with E-state index in [4.69, 9.17) is 5.73 Å². The molecule has 1 aliphatic heterocycles. The van der Waals surface area contributed by atoms with Crippen LogP contribution in [-0.4, -0.2) is 44.4 Å². The van der Waals surface area contributed by atoms with Crippen molar-refractivity contribution in [1.82, 2.24) is 19.9 Å². The molecule has 166 valence electrons. The monoisotopic (exact) mass is 450 g/mol. The zero-order chi connectivity index (χ0) is 21.6. The fraction of sp³-hybridized carbons (Fsp3) is 0.333. The number of likely N-dealkylation sites (tertiary alicyclic amines) is 1. The summed E-state index contributed by atoms with van der Waals surface area (Å²) in [6, 6.07) is 19.4. The summed E-state index contributed by atoms with van der Waals surface area (Å²) in [7, 11) is 0. The largest absolute Gasteiger partial charge is 0.325 e. The maximum atomic E-state index is 12.6. The number of carbonyl (C=O) groups is 1. The van der Waals surface area contributed by atoms with E-state index in [1.807, 2.05) is 53.3 Å². The van der Waals surface area contributed by atoms with Crippen LogP contribution in [0.25, 0.3) is 11.3 Å². The molecule has 1 fully saturated rings. The molecule has 32 heavy (non-hydrogen) atoms. The summed E-state index contributed by atoms with van der Waals surface area (Å²) in [5.41, 5.74) is 10.2. The number of amides is 1. The molecule has 2 heterocycles. The fourth-order valence-electron chi connectivity index (χ4n) is 3.96. The summed E-state index contributed by atoms with van der Waals surface area (Å²) >= 11 is 0. The molecule has 0 radical (unpaired) electrons. The Hall–Kier alpha value is -3.21. The van der Waals surface area contributed by atoms with Gasteiger partial charge < -0.3 is 10.6 Å². The summed E-state index contributed by atoms with van der Waals surface area (Å²) in [4.78, 5) is 14.2. The van der Waals surface area contributed by atoms with E-state index in [0.717, 1.165) is 42.6 Å². The van der Waals surface area contributed by atoms with E-state index in [-0.39, 0.29) is 24.4 Å². The lowest BCUT2D eigenvalue weighted by molar-refractivity contribution is -0.132. The number of halogens is 1. The van der Waals surface area contributed by atoms with Gasteiger partial charge >= 0.3 is 0 Å². The minimum Gasteiger partial charge on any atom is -0.325 e. The van der Waals surface area contributed by atoms with Crippen molar-refractivity contribution in [1.29, 1.82) is 5.26 Å².